The third-order valence-electron chi connectivity index (χ3n) is 1.29. The Morgan fingerprint density at radius 3 is 2.55 bits per heavy atom. The van der Waals surface area contributed by atoms with Gasteiger partial charge in [-0.05, 0) is 25.0 Å². The smallest absolute Gasteiger partial charge is 0.158 e. The molecule has 0 aliphatic rings. The first-order valence-electron chi connectivity index (χ1n) is 3.63. The van der Waals surface area contributed by atoms with Crippen LogP contribution in [0.4, 0.5) is 0 Å². The molecular weight excluding hydrogens is 160 g/mol. The van der Waals surface area contributed by atoms with Crippen LogP contribution in [0.3, 0.4) is 0 Å². The van der Waals surface area contributed by atoms with Crippen molar-refractivity contribution in [3.05, 3.63) is 23.3 Å². The van der Waals surface area contributed by atoms with E-state index in [4.69, 9.17) is 11.6 Å². The first kappa shape index (κ1) is 10.4. The van der Waals surface area contributed by atoms with Gasteiger partial charge in [0.05, 0.1) is 0 Å². The second-order valence-corrected chi connectivity index (χ2v) is 2.93. The summed E-state index contributed by atoms with van der Waals surface area (Å²) in [6, 6.07) is 0. The molecule has 0 bridgehead atoms. The van der Waals surface area contributed by atoms with Gasteiger partial charge in [0, 0.05) is 11.5 Å². The summed E-state index contributed by atoms with van der Waals surface area (Å²) in [5.41, 5.74) is 0.687. The lowest BCUT2D eigenvalue weighted by Crippen LogP contribution is -1.97. The fourth-order valence-electron chi connectivity index (χ4n) is 0.740. The Morgan fingerprint density at radius 1 is 1.64 bits per heavy atom. The summed E-state index contributed by atoms with van der Waals surface area (Å²) in [4.78, 5) is 11.1. The van der Waals surface area contributed by atoms with Gasteiger partial charge in [0.1, 0.15) is 0 Å². The zero-order valence-corrected chi connectivity index (χ0v) is 7.74. The first-order valence-corrected chi connectivity index (χ1v) is 4.01. The number of ketones is 1. The van der Waals surface area contributed by atoms with Gasteiger partial charge in [-0.3, -0.25) is 4.79 Å². The van der Waals surface area contributed by atoms with Crippen LogP contribution in [0.25, 0.3) is 0 Å². The lowest BCUT2D eigenvalue weighted by Gasteiger charge is -1.96. The molecule has 0 rings (SSSR count). The van der Waals surface area contributed by atoms with Crippen molar-refractivity contribution in [2.75, 3.05) is 0 Å². The molecule has 0 saturated heterocycles. The van der Waals surface area contributed by atoms with Crippen molar-refractivity contribution in [1.29, 1.82) is 0 Å². The highest BCUT2D eigenvalue weighted by Crippen LogP contribution is 2.07. The third kappa shape index (κ3) is 4.79. The second kappa shape index (κ2) is 5.14. The van der Waals surface area contributed by atoms with Gasteiger partial charge in [0.2, 0.25) is 0 Å². The minimum atomic E-state index is 0.148. The predicted octanol–water partition coefficient (Wildman–Crippen LogP) is 3.05. The number of allylic oxidation sites excluding steroid dienone is 3. The molecule has 0 aliphatic carbocycles. The molecule has 0 N–H and O–H groups in total. The van der Waals surface area contributed by atoms with Crippen molar-refractivity contribution < 1.29 is 4.79 Å². The predicted molar refractivity (Wildman–Crippen MR) is 48.7 cm³/mol. The highest BCUT2D eigenvalue weighted by molar-refractivity contribution is 6.31. The minimum absolute atomic E-state index is 0.148. The maximum Gasteiger partial charge on any atom is 0.158 e. The van der Waals surface area contributed by atoms with E-state index in [1.54, 1.807) is 13.0 Å². The van der Waals surface area contributed by atoms with Crippen LogP contribution in [0, 0.1) is 0 Å². The summed E-state index contributed by atoms with van der Waals surface area (Å²) in [7, 11) is 0. The first-order chi connectivity index (χ1) is 5.07. The third-order valence-corrected chi connectivity index (χ3v) is 1.40. The van der Waals surface area contributed by atoms with E-state index in [1.807, 2.05) is 6.92 Å². The van der Waals surface area contributed by atoms with Crippen LogP contribution in [0.5, 0.6) is 0 Å². The minimum Gasteiger partial charge on any atom is -0.295 e. The summed E-state index contributed by atoms with van der Waals surface area (Å²) in [5.74, 6) is 0.148. The van der Waals surface area contributed by atoms with Gasteiger partial charge in [0.15, 0.2) is 5.78 Å². The molecule has 0 aromatic rings. The zero-order valence-electron chi connectivity index (χ0n) is 6.98. The van der Waals surface area contributed by atoms with Crippen molar-refractivity contribution in [2.24, 2.45) is 0 Å². The number of carbonyl (C=O) groups is 1. The van der Waals surface area contributed by atoms with E-state index in [1.165, 1.54) is 0 Å². The van der Waals surface area contributed by atoms with E-state index >= 15 is 0 Å². The number of hydrogen-bond acceptors (Lipinski definition) is 1. The van der Waals surface area contributed by atoms with Gasteiger partial charge in [-0.2, -0.15) is 0 Å². The van der Waals surface area contributed by atoms with E-state index in [-0.39, 0.29) is 5.78 Å². The van der Waals surface area contributed by atoms with Crippen molar-refractivity contribution in [2.45, 2.75) is 26.7 Å². The number of Topliss-reactive ketones (excluding diaryl/α,β-unsaturated/α-hetero) is 1. The summed E-state index contributed by atoms with van der Waals surface area (Å²) in [6.07, 6.45) is 3.06. The van der Waals surface area contributed by atoms with E-state index in [9.17, 15) is 4.79 Å². The largest absolute Gasteiger partial charge is 0.295 e. The molecule has 0 amide bonds. The fourth-order valence-corrected chi connectivity index (χ4v) is 0.903. The van der Waals surface area contributed by atoms with E-state index in [0.717, 1.165) is 6.42 Å². The molecule has 0 atom stereocenters. The maximum absolute atomic E-state index is 11.1. The fraction of sp³-hybridized carbons (Fsp3) is 0.444. The van der Waals surface area contributed by atoms with Crippen LogP contribution < -0.4 is 0 Å². The number of hydrogen-bond donors (Lipinski definition) is 0. The highest BCUT2D eigenvalue weighted by Gasteiger charge is 2.01. The Balaban J connectivity index is 4.12. The maximum atomic E-state index is 11.1. The van der Waals surface area contributed by atoms with Crippen molar-refractivity contribution in [3.8, 4) is 0 Å². The van der Waals surface area contributed by atoms with E-state index in [0.29, 0.717) is 17.0 Å². The molecule has 0 unspecified atom stereocenters. The monoisotopic (exact) mass is 172 g/mol. The van der Waals surface area contributed by atoms with Crippen molar-refractivity contribution in [1.82, 2.24) is 0 Å². The van der Waals surface area contributed by atoms with Gasteiger partial charge < -0.3 is 0 Å². The van der Waals surface area contributed by atoms with Crippen LogP contribution in [0.2, 0.25) is 0 Å². The SMILES string of the molecule is C=C(Cl)/C=C(\C)C(=O)CCC. The summed E-state index contributed by atoms with van der Waals surface area (Å²) in [5, 5.41) is 0.409. The van der Waals surface area contributed by atoms with Gasteiger partial charge >= 0.3 is 0 Å². The molecule has 0 aromatic carbocycles. The van der Waals surface area contributed by atoms with Gasteiger partial charge in [-0.1, -0.05) is 25.1 Å². The Morgan fingerprint density at radius 2 is 2.18 bits per heavy atom. The summed E-state index contributed by atoms with van der Waals surface area (Å²) in [6.45, 7) is 7.20. The van der Waals surface area contributed by atoms with Gasteiger partial charge in [0.25, 0.3) is 0 Å². The van der Waals surface area contributed by atoms with Crippen molar-refractivity contribution in [3.63, 3.8) is 0 Å². The highest BCUT2D eigenvalue weighted by atomic mass is 35.5. The van der Waals surface area contributed by atoms with Crippen LogP contribution in [0.1, 0.15) is 26.7 Å². The molecule has 0 heterocycles. The number of halogens is 1. The second-order valence-electron chi connectivity index (χ2n) is 2.45. The average Bonchev–Trinajstić information content (AvgIpc) is 1.86. The Bertz CT molecular complexity index is 192. The summed E-state index contributed by atoms with van der Waals surface area (Å²) >= 11 is 5.49. The number of carbonyl (C=O) groups excluding carboxylic acids is 1. The van der Waals surface area contributed by atoms with E-state index in [2.05, 4.69) is 6.58 Å². The number of rotatable bonds is 4. The van der Waals surface area contributed by atoms with Crippen LogP contribution in [0.15, 0.2) is 23.3 Å². The van der Waals surface area contributed by atoms with Crippen LogP contribution in [-0.2, 0) is 4.79 Å². The molecule has 1 nitrogen and oxygen atoms in total. The molecule has 0 saturated carbocycles. The van der Waals surface area contributed by atoms with Crippen LogP contribution >= 0.6 is 11.6 Å². The van der Waals surface area contributed by atoms with Gasteiger partial charge in [-0.15, -0.1) is 0 Å². The Labute approximate surface area is 72.7 Å². The zero-order chi connectivity index (χ0) is 8.85. The molecule has 0 aromatic heterocycles. The molecule has 0 fully saturated rings. The lowest BCUT2D eigenvalue weighted by atomic mass is 10.1. The molecule has 62 valence electrons. The molecule has 0 spiro atoms. The standard InChI is InChI=1S/C9H13ClO/c1-4-5-9(11)7(2)6-8(3)10/h6H,3-5H2,1-2H3/b7-6+. The van der Waals surface area contributed by atoms with Crippen LogP contribution in [-0.4, -0.2) is 5.78 Å². The Kier molecular flexibility index (Phi) is 4.88. The normalized spacial score (nSPS) is 11.4. The van der Waals surface area contributed by atoms with E-state index < -0.39 is 0 Å². The molecular formula is C9H13ClO. The lowest BCUT2D eigenvalue weighted by molar-refractivity contribution is -0.115. The average molecular weight is 173 g/mol. The van der Waals surface area contributed by atoms with Gasteiger partial charge in [-0.25, -0.2) is 0 Å². The topological polar surface area (TPSA) is 17.1 Å². The van der Waals surface area contributed by atoms with Crippen molar-refractivity contribution >= 4 is 17.4 Å². The quantitative estimate of drug-likeness (QED) is 0.471. The summed E-state index contributed by atoms with van der Waals surface area (Å²) < 4.78 is 0. The molecule has 11 heavy (non-hydrogen) atoms. The molecule has 0 aliphatic heterocycles. The molecule has 0 radical (unpaired) electrons. The molecule has 2 heteroatoms. The Hall–Kier alpha value is -0.560.